The van der Waals surface area contributed by atoms with Crippen molar-refractivity contribution in [1.82, 2.24) is 10.2 Å². The molecule has 1 aliphatic rings. The molecule has 0 radical (unpaired) electrons. The Morgan fingerprint density at radius 2 is 1.61 bits per heavy atom. The van der Waals surface area contributed by atoms with Crippen LogP contribution in [0.1, 0.15) is 42.9 Å². The highest BCUT2D eigenvalue weighted by molar-refractivity contribution is 7.15. The molecule has 3 aromatic rings. The molecule has 0 spiro atoms. The number of carbonyl (C=O) groups is 2. The van der Waals surface area contributed by atoms with Gasteiger partial charge in [0.25, 0.3) is 5.78 Å². The summed E-state index contributed by atoms with van der Waals surface area (Å²) in [4.78, 5) is 27.8. The predicted octanol–water partition coefficient (Wildman–Crippen LogP) is 4.67. The maximum Gasteiger partial charge on any atom is 0.301 e. The van der Waals surface area contributed by atoms with Crippen molar-refractivity contribution in [2.45, 2.75) is 33.7 Å². The number of nitrogens with zero attached hydrogens (tertiary/aromatic N) is 3. The van der Waals surface area contributed by atoms with Crippen LogP contribution in [0.3, 0.4) is 0 Å². The van der Waals surface area contributed by atoms with E-state index in [9.17, 15) is 14.7 Å². The standard InChI is InChI=1S/C26H27N3O6S/c1-5-33-18-11-8-16(9-12-18)23(30)21-22(17-10-13-19(34-6-2)20(14-17)35-7-3)29(25(32)24(21)31)26-28-27-15(4)36-26/h8-14,22,30H,5-7H2,1-4H3/b23-21+. The summed E-state index contributed by atoms with van der Waals surface area (Å²) in [6.07, 6.45) is 0. The number of hydrogen-bond acceptors (Lipinski definition) is 9. The summed E-state index contributed by atoms with van der Waals surface area (Å²) < 4.78 is 16.9. The molecule has 2 aromatic carbocycles. The van der Waals surface area contributed by atoms with E-state index < -0.39 is 17.7 Å². The Hall–Kier alpha value is -3.92. The van der Waals surface area contributed by atoms with E-state index in [4.69, 9.17) is 14.2 Å². The lowest BCUT2D eigenvalue weighted by atomic mass is 9.95. The lowest BCUT2D eigenvalue weighted by molar-refractivity contribution is -0.132. The third-order valence-electron chi connectivity index (χ3n) is 5.49. The first-order valence-electron chi connectivity index (χ1n) is 11.6. The van der Waals surface area contributed by atoms with Crippen LogP contribution >= 0.6 is 11.3 Å². The molecule has 0 bridgehead atoms. The lowest BCUT2D eigenvalue weighted by Gasteiger charge is -2.23. The minimum atomic E-state index is -0.946. The number of Topliss-reactive ketones (excluding diaryl/α,β-unsaturated/α-hetero) is 1. The van der Waals surface area contributed by atoms with Crippen molar-refractivity contribution in [3.8, 4) is 17.2 Å². The molecule has 1 atom stereocenters. The van der Waals surface area contributed by atoms with Crippen LogP contribution in [-0.2, 0) is 9.59 Å². The highest BCUT2D eigenvalue weighted by atomic mass is 32.1. The van der Waals surface area contributed by atoms with Crippen LogP contribution in [0.4, 0.5) is 5.13 Å². The molecule has 188 valence electrons. The quantitative estimate of drug-likeness (QED) is 0.252. The maximum atomic E-state index is 13.3. The van der Waals surface area contributed by atoms with Crippen molar-refractivity contribution >= 4 is 33.9 Å². The Kier molecular flexibility index (Phi) is 7.54. The second kappa shape index (κ2) is 10.8. The van der Waals surface area contributed by atoms with Crippen molar-refractivity contribution < 1.29 is 28.9 Å². The van der Waals surface area contributed by atoms with Gasteiger partial charge in [-0.15, -0.1) is 10.2 Å². The van der Waals surface area contributed by atoms with Gasteiger partial charge in [0.2, 0.25) is 5.13 Å². The SMILES string of the molecule is CCOc1ccc(/C(O)=C2\C(=O)C(=O)N(c3nnc(C)s3)C2c2ccc(OCC)c(OCC)c2)cc1. The molecule has 0 aliphatic carbocycles. The highest BCUT2D eigenvalue weighted by Crippen LogP contribution is 2.44. The number of rotatable bonds is 9. The van der Waals surface area contributed by atoms with Gasteiger partial charge in [0.1, 0.15) is 16.5 Å². The van der Waals surface area contributed by atoms with E-state index in [1.807, 2.05) is 20.8 Å². The molecule has 1 saturated heterocycles. The second-order valence-corrected chi connectivity index (χ2v) is 8.96. The number of anilines is 1. The zero-order valence-corrected chi connectivity index (χ0v) is 21.3. The van der Waals surface area contributed by atoms with Gasteiger partial charge in [-0.25, -0.2) is 0 Å². The number of aliphatic hydroxyl groups is 1. The van der Waals surface area contributed by atoms with Crippen molar-refractivity contribution in [2.75, 3.05) is 24.7 Å². The minimum Gasteiger partial charge on any atom is -0.507 e. The fourth-order valence-corrected chi connectivity index (χ4v) is 4.71. The zero-order valence-electron chi connectivity index (χ0n) is 20.5. The van der Waals surface area contributed by atoms with Crippen LogP contribution in [0.15, 0.2) is 48.0 Å². The van der Waals surface area contributed by atoms with Crippen molar-refractivity contribution in [3.05, 3.63) is 64.2 Å². The van der Waals surface area contributed by atoms with E-state index in [-0.39, 0.29) is 16.5 Å². The van der Waals surface area contributed by atoms with Gasteiger partial charge in [0.05, 0.1) is 31.4 Å². The summed E-state index contributed by atoms with van der Waals surface area (Å²) in [7, 11) is 0. The summed E-state index contributed by atoms with van der Waals surface area (Å²) in [5, 5.41) is 20.3. The number of carbonyl (C=O) groups excluding carboxylic acids is 2. The van der Waals surface area contributed by atoms with Crippen LogP contribution in [0.5, 0.6) is 17.2 Å². The number of aliphatic hydroxyl groups excluding tert-OH is 1. The first kappa shape index (κ1) is 25.2. The van der Waals surface area contributed by atoms with Gasteiger partial charge in [-0.1, -0.05) is 17.4 Å². The number of amides is 1. The lowest BCUT2D eigenvalue weighted by Crippen LogP contribution is -2.29. The molecular weight excluding hydrogens is 482 g/mol. The Morgan fingerprint density at radius 3 is 2.22 bits per heavy atom. The summed E-state index contributed by atoms with van der Waals surface area (Å²) in [5.41, 5.74) is 0.885. The third-order valence-corrected chi connectivity index (χ3v) is 6.33. The van der Waals surface area contributed by atoms with E-state index in [0.717, 1.165) is 0 Å². The molecule has 1 aromatic heterocycles. The van der Waals surface area contributed by atoms with Gasteiger partial charge in [-0.05, 0) is 69.7 Å². The molecule has 1 aliphatic heterocycles. The van der Waals surface area contributed by atoms with Gasteiger partial charge < -0.3 is 19.3 Å². The summed E-state index contributed by atoms with van der Waals surface area (Å²) in [5.74, 6) is -0.267. The normalized spacial score (nSPS) is 16.9. The highest BCUT2D eigenvalue weighted by Gasteiger charge is 2.48. The van der Waals surface area contributed by atoms with Crippen molar-refractivity contribution in [1.29, 1.82) is 0 Å². The molecule has 1 fully saturated rings. The smallest absolute Gasteiger partial charge is 0.301 e. The Balaban J connectivity index is 1.89. The van der Waals surface area contributed by atoms with Gasteiger partial charge >= 0.3 is 5.91 Å². The Bertz CT molecular complexity index is 1300. The first-order valence-corrected chi connectivity index (χ1v) is 12.4. The van der Waals surface area contributed by atoms with Crippen LogP contribution in [0.25, 0.3) is 5.76 Å². The Morgan fingerprint density at radius 1 is 0.944 bits per heavy atom. The monoisotopic (exact) mass is 509 g/mol. The van der Waals surface area contributed by atoms with Crippen molar-refractivity contribution in [3.63, 3.8) is 0 Å². The number of ketones is 1. The maximum absolute atomic E-state index is 13.3. The van der Waals surface area contributed by atoms with Crippen molar-refractivity contribution in [2.24, 2.45) is 0 Å². The summed E-state index contributed by atoms with van der Waals surface area (Å²) in [6, 6.07) is 10.9. The second-order valence-electron chi connectivity index (χ2n) is 7.80. The molecule has 1 amide bonds. The zero-order chi connectivity index (χ0) is 25.8. The van der Waals surface area contributed by atoms with Crippen LogP contribution in [0, 0.1) is 6.92 Å². The third kappa shape index (κ3) is 4.76. The molecular formula is C26H27N3O6S. The number of aryl methyl sites for hydroxylation is 1. The van der Waals surface area contributed by atoms with E-state index in [0.29, 0.717) is 53.2 Å². The number of hydrogen-bond donors (Lipinski definition) is 1. The number of aromatic nitrogens is 2. The molecule has 36 heavy (non-hydrogen) atoms. The van der Waals surface area contributed by atoms with Gasteiger partial charge in [-0.2, -0.15) is 0 Å². The molecule has 1 unspecified atom stereocenters. The van der Waals surface area contributed by atoms with Crippen LogP contribution < -0.4 is 19.1 Å². The summed E-state index contributed by atoms with van der Waals surface area (Å²) in [6.45, 7) is 8.69. The largest absolute Gasteiger partial charge is 0.507 e. The number of ether oxygens (including phenoxy) is 3. The first-order chi connectivity index (χ1) is 17.4. The van der Waals surface area contributed by atoms with Gasteiger partial charge in [-0.3, -0.25) is 14.5 Å². The topological polar surface area (TPSA) is 111 Å². The molecule has 10 heteroatoms. The van der Waals surface area contributed by atoms with Gasteiger partial charge in [0, 0.05) is 5.56 Å². The fraction of sp³-hybridized carbons (Fsp3) is 0.308. The molecule has 1 N–H and O–H groups in total. The fourth-order valence-electron chi connectivity index (χ4n) is 4.00. The molecule has 0 saturated carbocycles. The van der Waals surface area contributed by atoms with Crippen LogP contribution in [0.2, 0.25) is 0 Å². The minimum absolute atomic E-state index is 0.0522. The molecule has 2 heterocycles. The molecule has 9 nitrogen and oxygen atoms in total. The van der Waals surface area contributed by atoms with E-state index >= 15 is 0 Å². The van der Waals surface area contributed by atoms with E-state index in [1.54, 1.807) is 49.4 Å². The molecule has 4 rings (SSSR count). The van der Waals surface area contributed by atoms with Crippen LogP contribution in [-0.4, -0.2) is 46.8 Å². The average Bonchev–Trinajstić information content (AvgIpc) is 3.41. The predicted molar refractivity (Wildman–Crippen MR) is 136 cm³/mol. The van der Waals surface area contributed by atoms with Gasteiger partial charge in [0.15, 0.2) is 11.5 Å². The van der Waals surface area contributed by atoms with E-state index in [2.05, 4.69) is 10.2 Å². The van der Waals surface area contributed by atoms with E-state index in [1.165, 1.54) is 16.2 Å². The average molecular weight is 510 g/mol. The Labute approximate surface area is 212 Å². The summed E-state index contributed by atoms with van der Waals surface area (Å²) >= 11 is 1.19. The number of benzene rings is 2.